The summed E-state index contributed by atoms with van der Waals surface area (Å²) in [5.41, 5.74) is 0.885. The first-order valence-corrected chi connectivity index (χ1v) is 6.20. The third-order valence-corrected chi connectivity index (χ3v) is 4.25. The number of carbonyl (C=O) groups is 1. The molecule has 0 bridgehead atoms. The van der Waals surface area contributed by atoms with Crippen LogP contribution in [0.5, 0.6) is 0 Å². The zero-order valence-corrected chi connectivity index (χ0v) is 9.64. The van der Waals surface area contributed by atoms with Crippen LogP contribution in [0.1, 0.15) is 19.8 Å². The molecular weight excluding hydrogens is 206 g/mol. The molecule has 1 heterocycles. The van der Waals surface area contributed by atoms with Crippen LogP contribution in [-0.2, 0) is 4.79 Å². The lowest BCUT2D eigenvalue weighted by Crippen LogP contribution is -2.34. The number of para-hydroxylation sites is 1. The number of amides is 1. The van der Waals surface area contributed by atoms with E-state index in [0.717, 1.165) is 24.3 Å². The Bertz CT molecular complexity index is 344. The van der Waals surface area contributed by atoms with Crippen LogP contribution in [0, 0.1) is 0 Å². The third-order valence-electron chi connectivity index (χ3n) is 2.73. The van der Waals surface area contributed by atoms with Crippen molar-refractivity contribution in [3.8, 4) is 0 Å². The van der Waals surface area contributed by atoms with Gasteiger partial charge in [-0.1, -0.05) is 18.2 Å². The van der Waals surface area contributed by atoms with Crippen LogP contribution < -0.4 is 5.32 Å². The van der Waals surface area contributed by atoms with Gasteiger partial charge in [-0.15, -0.1) is 11.8 Å². The van der Waals surface area contributed by atoms with Gasteiger partial charge in [0, 0.05) is 5.69 Å². The van der Waals surface area contributed by atoms with Crippen LogP contribution in [-0.4, -0.2) is 16.4 Å². The molecule has 1 aromatic rings. The van der Waals surface area contributed by atoms with E-state index in [9.17, 15) is 4.79 Å². The molecule has 1 N–H and O–H groups in total. The summed E-state index contributed by atoms with van der Waals surface area (Å²) in [7, 11) is 0. The molecule has 0 saturated carbocycles. The maximum absolute atomic E-state index is 12.0. The molecule has 1 aromatic carbocycles. The first-order valence-electron chi connectivity index (χ1n) is 5.21. The van der Waals surface area contributed by atoms with Crippen molar-refractivity contribution in [1.29, 1.82) is 0 Å². The molecule has 15 heavy (non-hydrogen) atoms. The first-order chi connectivity index (χ1) is 7.21. The number of benzene rings is 1. The van der Waals surface area contributed by atoms with Gasteiger partial charge in [0.2, 0.25) is 5.91 Å². The molecule has 2 rings (SSSR count). The van der Waals surface area contributed by atoms with Gasteiger partial charge in [0.1, 0.15) is 0 Å². The first kappa shape index (κ1) is 10.6. The van der Waals surface area contributed by atoms with Gasteiger partial charge in [0.05, 0.1) is 4.75 Å². The van der Waals surface area contributed by atoms with Gasteiger partial charge in [-0.2, -0.15) is 0 Å². The highest BCUT2D eigenvalue weighted by Gasteiger charge is 2.37. The lowest BCUT2D eigenvalue weighted by molar-refractivity contribution is -0.118. The van der Waals surface area contributed by atoms with Crippen LogP contribution in [0.25, 0.3) is 0 Å². The quantitative estimate of drug-likeness (QED) is 0.832. The second-order valence-electron chi connectivity index (χ2n) is 4.00. The van der Waals surface area contributed by atoms with Gasteiger partial charge >= 0.3 is 0 Å². The molecule has 1 unspecified atom stereocenters. The van der Waals surface area contributed by atoms with Crippen molar-refractivity contribution in [2.24, 2.45) is 0 Å². The number of anilines is 1. The van der Waals surface area contributed by atoms with Gasteiger partial charge in [0.15, 0.2) is 0 Å². The van der Waals surface area contributed by atoms with Crippen LogP contribution in [0.2, 0.25) is 0 Å². The van der Waals surface area contributed by atoms with E-state index < -0.39 is 0 Å². The summed E-state index contributed by atoms with van der Waals surface area (Å²) in [5.74, 6) is 1.23. The van der Waals surface area contributed by atoms with E-state index in [1.165, 1.54) is 0 Å². The molecule has 1 atom stereocenters. The molecule has 80 valence electrons. The smallest absolute Gasteiger partial charge is 0.240 e. The highest BCUT2D eigenvalue weighted by Crippen LogP contribution is 2.38. The van der Waals surface area contributed by atoms with Crippen LogP contribution in [0.3, 0.4) is 0 Å². The van der Waals surface area contributed by atoms with E-state index in [-0.39, 0.29) is 10.7 Å². The fourth-order valence-corrected chi connectivity index (χ4v) is 2.95. The second-order valence-corrected chi connectivity index (χ2v) is 5.60. The predicted octanol–water partition coefficient (Wildman–Crippen LogP) is 2.91. The number of rotatable bonds is 2. The number of hydrogen-bond acceptors (Lipinski definition) is 2. The maximum Gasteiger partial charge on any atom is 0.240 e. The number of hydrogen-bond donors (Lipinski definition) is 1. The third kappa shape index (κ3) is 2.34. The monoisotopic (exact) mass is 221 g/mol. The standard InChI is InChI=1S/C12H15NOS/c1-12(8-5-9-15-12)11(14)13-10-6-3-2-4-7-10/h2-4,6-7H,5,8-9H2,1H3,(H,13,14). The highest BCUT2D eigenvalue weighted by atomic mass is 32.2. The van der Waals surface area contributed by atoms with E-state index in [4.69, 9.17) is 0 Å². The largest absolute Gasteiger partial charge is 0.325 e. The SMILES string of the molecule is CC1(C(=O)Nc2ccccc2)CCCS1. The summed E-state index contributed by atoms with van der Waals surface area (Å²) in [6, 6.07) is 9.64. The van der Waals surface area contributed by atoms with Gasteiger partial charge in [-0.25, -0.2) is 0 Å². The van der Waals surface area contributed by atoms with Crippen molar-refractivity contribution in [2.45, 2.75) is 24.5 Å². The molecule has 1 amide bonds. The lowest BCUT2D eigenvalue weighted by Gasteiger charge is -2.21. The Morgan fingerprint density at radius 2 is 2.13 bits per heavy atom. The van der Waals surface area contributed by atoms with Gasteiger partial charge in [0.25, 0.3) is 0 Å². The molecule has 1 aliphatic rings. The Morgan fingerprint density at radius 1 is 1.40 bits per heavy atom. The minimum atomic E-state index is -0.226. The topological polar surface area (TPSA) is 29.1 Å². The van der Waals surface area contributed by atoms with Crippen molar-refractivity contribution < 1.29 is 4.79 Å². The summed E-state index contributed by atoms with van der Waals surface area (Å²) in [5, 5.41) is 2.96. The predicted molar refractivity (Wildman–Crippen MR) is 65.2 cm³/mol. The minimum absolute atomic E-state index is 0.135. The van der Waals surface area contributed by atoms with E-state index in [1.807, 2.05) is 37.3 Å². The number of thioether (sulfide) groups is 1. The molecule has 0 radical (unpaired) electrons. The van der Waals surface area contributed by atoms with Gasteiger partial charge < -0.3 is 5.32 Å². The lowest BCUT2D eigenvalue weighted by atomic mass is 10.0. The second kappa shape index (κ2) is 4.27. The van der Waals surface area contributed by atoms with Gasteiger partial charge in [-0.05, 0) is 37.7 Å². The molecule has 1 fully saturated rings. The molecule has 0 aromatic heterocycles. The molecular formula is C12H15NOS. The van der Waals surface area contributed by atoms with Crippen LogP contribution in [0.15, 0.2) is 30.3 Å². The summed E-state index contributed by atoms with van der Waals surface area (Å²) < 4.78 is -0.226. The van der Waals surface area contributed by atoms with Crippen molar-refractivity contribution in [2.75, 3.05) is 11.1 Å². The Hall–Kier alpha value is -0.960. The molecule has 2 nitrogen and oxygen atoms in total. The summed E-state index contributed by atoms with van der Waals surface area (Å²) in [4.78, 5) is 12.0. The molecule has 0 aliphatic carbocycles. The average molecular weight is 221 g/mol. The molecule has 3 heteroatoms. The summed E-state index contributed by atoms with van der Waals surface area (Å²) in [6.45, 7) is 2.03. The molecule has 1 aliphatic heterocycles. The van der Waals surface area contributed by atoms with Crippen molar-refractivity contribution >= 4 is 23.4 Å². The summed E-state index contributed by atoms with van der Waals surface area (Å²) >= 11 is 1.76. The van der Waals surface area contributed by atoms with Crippen molar-refractivity contribution in [1.82, 2.24) is 0 Å². The van der Waals surface area contributed by atoms with Gasteiger partial charge in [-0.3, -0.25) is 4.79 Å². The molecule has 0 spiro atoms. The van der Waals surface area contributed by atoms with E-state index in [0.29, 0.717) is 0 Å². The molecule has 1 saturated heterocycles. The van der Waals surface area contributed by atoms with Crippen molar-refractivity contribution in [3.63, 3.8) is 0 Å². The Balaban J connectivity index is 2.04. The van der Waals surface area contributed by atoms with Crippen molar-refractivity contribution in [3.05, 3.63) is 30.3 Å². The van der Waals surface area contributed by atoms with Crippen LogP contribution in [0.4, 0.5) is 5.69 Å². The van der Waals surface area contributed by atoms with E-state index in [1.54, 1.807) is 11.8 Å². The average Bonchev–Trinajstić information content (AvgIpc) is 2.68. The van der Waals surface area contributed by atoms with E-state index >= 15 is 0 Å². The summed E-state index contributed by atoms with van der Waals surface area (Å²) in [6.07, 6.45) is 2.12. The van der Waals surface area contributed by atoms with Crippen LogP contribution >= 0.6 is 11.8 Å². The zero-order chi connectivity index (χ0) is 10.7. The number of carbonyl (C=O) groups excluding carboxylic acids is 1. The highest BCUT2D eigenvalue weighted by molar-refractivity contribution is 8.01. The number of nitrogens with one attached hydrogen (secondary N) is 1. The Morgan fingerprint density at radius 3 is 2.73 bits per heavy atom. The fourth-order valence-electron chi connectivity index (χ4n) is 1.74. The zero-order valence-electron chi connectivity index (χ0n) is 8.82. The minimum Gasteiger partial charge on any atom is -0.325 e. The fraction of sp³-hybridized carbons (Fsp3) is 0.417. The van der Waals surface area contributed by atoms with E-state index in [2.05, 4.69) is 5.32 Å². The Kier molecular flexibility index (Phi) is 3.00. The maximum atomic E-state index is 12.0. The normalized spacial score (nSPS) is 25.1. The Labute approximate surface area is 94.4 Å².